The summed E-state index contributed by atoms with van der Waals surface area (Å²) < 4.78 is 28.6. The number of nitrogens with one attached hydrogen (secondary N) is 1. The van der Waals surface area contributed by atoms with Crippen LogP contribution in [0.15, 0.2) is 17.6 Å². The van der Waals surface area contributed by atoms with Crippen LogP contribution in [0.25, 0.3) is 0 Å². The van der Waals surface area contributed by atoms with Crippen molar-refractivity contribution in [2.45, 2.75) is 37.8 Å². The fourth-order valence-corrected chi connectivity index (χ4v) is 4.04. The number of rotatable bonds is 5. The van der Waals surface area contributed by atoms with E-state index in [2.05, 4.69) is 10.3 Å². The van der Waals surface area contributed by atoms with Crippen molar-refractivity contribution >= 4 is 22.4 Å². The molecule has 1 unspecified atom stereocenters. The Kier molecular flexibility index (Phi) is 6.65. The van der Waals surface area contributed by atoms with E-state index in [1.807, 2.05) is 25.5 Å². The Morgan fingerprint density at radius 2 is 2.19 bits per heavy atom. The van der Waals surface area contributed by atoms with Crippen LogP contribution in [0.1, 0.15) is 32.7 Å². The lowest BCUT2D eigenvalue weighted by atomic mass is 10.00. The maximum absolute atomic E-state index is 12.6. The summed E-state index contributed by atoms with van der Waals surface area (Å²) in [5.41, 5.74) is 0. The molecule has 1 aromatic rings. The van der Waals surface area contributed by atoms with Crippen molar-refractivity contribution < 1.29 is 8.42 Å². The van der Waals surface area contributed by atoms with Gasteiger partial charge in [-0.3, -0.25) is 0 Å². The van der Waals surface area contributed by atoms with Crippen LogP contribution < -0.4 is 5.32 Å². The molecule has 1 fully saturated rings. The number of nitrogens with zero attached hydrogens (tertiary/aromatic N) is 3. The van der Waals surface area contributed by atoms with E-state index in [-0.39, 0.29) is 23.5 Å². The van der Waals surface area contributed by atoms with E-state index in [1.54, 1.807) is 16.8 Å². The van der Waals surface area contributed by atoms with Gasteiger partial charge in [-0.2, -0.15) is 4.31 Å². The first-order chi connectivity index (χ1) is 9.45. The van der Waals surface area contributed by atoms with Gasteiger partial charge in [0.25, 0.3) is 10.0 Å². The third kappa shape index (κ3) is 4.18. The average molecular weight is 337 g/mol. The number of hydrogen-bond donors (Lipinski definition) is 1. The summed E-state index contributed by atoms with van der Waals surface area (Å²) in [4.78, 5) is 4.07. The molecule has 0 aliphatic carbocycles. The lowest BCUT2D eigenvalue weighted by Gasteiger charge is -2.31. The second-order valence-corrected chi connectivity index (χ2v) is 7.57. The lowest BCUT2D eigenvalue weighted by Crippen LogP contribution is -2.42. The van der Waals surface area contributed by atoms with Gasteiger partial charge in [0.15, 0.2) is 5.03 Å². The quantitative estimate of drug-likeness (QED) is 0.885. The fourth-order valence-electron chi connectivity index (χ4n) is 2.57. The molecule has 0 aromatic carbocycles. The molecule has 0 bridgehead atoms. The van der Waals surface area contributed by atoms with Gasteiger partial charge in [0.05, 0.1) is 6.33 Å². The largest absolute Gasteiger partial charge is 0.334 e. The van der Waals surface area contributed by atoms with Gasteiger partial charge in [-0.05, 0) is 46.2 Å². The highest BCUT2D eigenvalue weighted by atomic mass is 35.5. The third-order valence-corrected chi connectivity index (χ3v) is 5.50. The molecule has 2 heterocycles. The smallest absolute Gasteiger partial charge is 0.262 e. The lowest BCUT2D eigenvalue weighted by molar-refractivity contribution is 0.263. The van der Waals surface area contributed by atoms with Crippen LogP contribution in [0.5, 0.6) is 0 Å². The summed E-state index contributed by atoms with van der Waals surface area (Å²) in [6.45, 7) is 6.03. The molecular weight excluding hydrogens is 312 g/mol. The molecule has 21 heavy (non-hydrogen) atoms. The molecule has 0 saturated carbocycles. The molecule has 0 amide bonds. The van der Waals surface area contributed by atoms with E-state index in [0.717, 1.165) is 19.4 Å². The van der Waals surface area contributed by atoms with Gasteiger partial charge in [-0.1, -0.05) is 0 Å². The SMILES string of the molecule is CNCC1CCCN(S(=O)(=O)c2cn(C(C)C)cn2)C1.Cl. The molecular formula is C13H25ClN4O2S. The predicted octanol–water partition coefficient (Wildman–Crippen LogP) is 1.51. The van der Waals surface area contributed by atoms with Gasteiger partial charge >= 0.3 is 0 Å². The number of hydrogen-bond acceptors (Lipinski definition) is 4. The fraction of sp³-hybridized carbons (Fsp3) is 0.769. The molecule has 2 rings (SSSR count). The molecule has 0 radical (unpaired) electrons. The zero-order chi connectivity index (χ0) is 14.8. The van der Waals surface area contributed by atoms with Gasteiger partial charge in [0.1, 0.15) is 0 Å². The van der Waals surface area contributed by atoms with Crippen LogP contribution >= 0.6 is 12.4 Å². The minimum absolute atomic E-state index is 0. The Bertz CT molecular complexity index is 542. The number of aromatic nitrogens is 2. The van der Waals surface area contributed by atoms with Crippen molar-refractivity contribution in [1.29, 1.82) is 0 Å². The van der Waals surface area contributed by atoms with E-state index in [9.17, 15) is 8.42 Å². The van der Waals surface area contributed by atoms with Crippen molar-refractivity contribution in [1.82, 2.24) is 19.2 Å². The average Bonchev–Trinajstić information content (AvgIpc) is 2.90. The molecule has 0 spiro atoms. The minimum atomic E-state index is -3.45. The van der Waals surface area contributed by atoms with Gasteiger partial charge in [0.2, 0.25) is 0 Å². The Hall–Kier alpha value is -0.630. The Morgan fingerprint density at radius 1 is 1.48 bits per heavy atom. The van der Waals surface area contributed by atoms with Crippen LogP contribution in [0, 0.1) is 5.92 Å². The summed E-state index contributed by atoms with van der Waals surface area (Å²) in [5.74, 6) is 0.385. The Labute approximate surface area is 133 Å². The van der Waals surface area contributed by atoms with Crippen molar-refractivity contribution in [3.05, 3.63) is 12.5 Å². The maximum atomic E-state index is 12.6. The second-order valence-electron chi connectivity index (χ2n) is 5.68. The zero-order valence-electron chi connectivity index (χ0n) is 12.8. The summed E-state index contributed by atoms with van der Waals surface area (Å²) in [6.07, 6.45) is 5.21. The molecule has 1 aliphatic heterocycles. The normalized spacial score (nSPS) is 20.5. The third-order valence-electron chi connectivity index (χ3n) is 3.75. The van der Waals surface area contributed by atoms with Crippen LogP contribution in [0.3, 0.4) is 0 Å². The number of imidazole rings is 1. The molecule has 1 saturated heterocycles. The van der Waals surface area contributed by atoms with Gasteiger partial charge in [-0.15, -0.1) is 12.4 Å². The molecule has 122 valence electrons. The van der Waals surface area contributed by atoms with Crippen LogP contribution in [-0.2, 0) is 10.0 Å². The van der Waals surface area contributed by atoms with Crippen molar-refractivity contribution in [3.63, 3.8) is 0 Å². The van der Waals surface area contributed by atoms with Crippen LogP contribution in [0.2, 0.25) is 0 Å². The summed E-state index contributed by atoms with van der Waals surface area (Å²) >= 11 is 0. The van der Waals surface area contributed by atoms with Crippen molar-refractivity contribution in [3.8, 4) is 0 Å². The highest BCUT2D eigenvalue weighted by Crippen LogP contribution is 2.23. The molecule has 1 N–H and O–H groups in total. The minimum Gasteiger partial charge on any atom is -0.334 e. The van der Waals surface area contributed by atoms with Gasteiger partial charge in [0, 0.05) is 25.3 Å². The first kappa shape index (κ1) is 18.4. The number of piperidine rings is 1. The molecule has 1 aliphatic rings. The van der Waals surface area contributed by atoms with Gasteiger partial charge < -0.3 is 9.88 Å². The summed E-state index contributed by atoms with van der Waals surface area (Å²) in [7, 11) is -1.55. The zero-order valence-corrected chi connectivity index (χ0v) is 14.5. The van der Waals surface area contributed by atoms with E-state index < -0.39 is 10.0 Å². The summed E-state index contributed by atoms with van der Waals surface area (Å²) in [6, 6.07) is 0.213. The number of sulfonamides is 1. The molecule has 8 heteroatoms. The standard InChI is InChI=1S/C13H24N4O2S.ClH/c1-11(2)16-9-13(15-10-16)20(18,19)17-6-4-5-12(8-17)7-14-3;/h9-12,14H,4-8H2,1-3H3;1H. The predicted molar refractivity (Wildman–Crippen MR) is 85.3 cm³/mol. The highest BCUT2D eigenvalue weighted by molar-refractivity contribution is 7.89. The maximum Gasteiger partial charge on any atom is 0.262 e. The van der Waals surface area contributed by atoms with E-state index in [0.29, 0.717) is 19.0 Å². The topological polar surface area (TPSA) is 67.2 Å². The second kappa shape index (κ2) is 7.58. The van der Waals surface area contributed by atoms with Gasteiger partial charge in [-0.25, -0.2) is 13.4 Å². The summed E-state index contributed by atoms with van der Waals surface area (Å²) in [5, 5.41) is 3.29. The highest BCUT2D eigenvalue weighted by Gasteiger charge is 2.31. The van der Waals surface area contributed by atoms with E-state index >= 15 is 0 Å². The van der Waals surface area contributed by atoms with Crippen LogP contribution in [-0.4, -0.2) is 49.0 Å². The number of halogens is 1. The van der Waals surface area contributed by atoms with Crippen molar-refractivity contribution in [2.75, 3.05) is 26.7 Å². The Balaban J connectivity index is 0.00000220. The molecule has 6 nitrogen and oxygen atoms in total. The first-order valence-electron chi connectivity index (χ1n) is 7.13. The van der Waals surface area contributed by atoms with E-state index in [1.165, 1.54) is 0 Å². The Morgan fingerprint density at radius 3 is 2.76 bits per heavy atom. The van der Waals surface area contributed by atoms with Crippen molar-refractivity contribution in [2.24, 2.45) is 5.92 Å². The molecule has 1 atom stereocenters. The molecule has 1 aromatic heterocycles. The monoisotopic (exact) mass is 336 g/mol. The van der Waals surface area contributed by atoms with E-state index in [4.69, 9.17) is 0 Å². The first-order valence-corrected chi connectivity index (χ1v) is 8.57. The van der Waals surface area contributed by atoms with Crippen LogP contribution in [0.4, 0.5) is 0 Å².